The van der Waals surface area contributed by atoms with E-state index >= 15 is 0 Å². The van der Waals surface area contributed by atoms with Gasteiger partial charge in [-0.3, -0.25) is 20.3 Å². The Balaban J connectivity index is 2.03. The highest BCUT2D eigenvalue weighted by Gasteiger charge is 2.17. The minimum absolute atomic E-state index is 0.218. The van der Waals surface area contributed by atoms with Crippen LogP contribution in [0.3, 0.4) is 0 Å². The van der Waals surface area contributed by atoms with Crippen molar-refractivity contribution in [3.05, 3.63) is 64.2 Å². The van der Waals surface area contributed by atoms with E-state index in [2.05, 4.69) is 5.43 Å². The monoisotopic (exact) mass is 365 g/mol. The van der Waals surface area contributed by atoms with E-state index in [9.17, 15) is 23.3 Å². The lowest BCUT2D eigenvalue weighted by Crippen LogP contribution is -2.41. The highest BCUT2D eigenvalue weighted by Crippen LogP contribution is 2.15. The third-order valence-electron chi connectivity index (χ3n) is 3.08. The fraction of sp³-hybridized carbons (Fsp3) is 0.133. The maximum absolute atomic E-state index is 12.1. The second-order valence-electron chi connectivity index (χ2n) is 4.77. The van der Waals surface area contributed by atoms with Crippen LogP contribution in [-0.4, -0.2) is 25.9 Å². The Morgan fingerprint density at radius 2 is 1.72 bits per heavy atom. The molecule has 0 spiro atoms. The van der Waals surface area contributed by atoms with Crippen LogP contribution < -0.4 is 15.0 Å². The summed E-state index contributed by atoms with van der Waals surface area (Å²) in [5.74, 6) is -0.0703. The van der Waals surface area contributed by atoms with Gasteiger partial charge < -0.3 is 4.74 Å². The molecule has 2 rings (SSSR count). The summed E-state index contributed by atoms with van der Waals surface area (Å²) in [7, 11) is -4.05. The molecule has 0 aliphatic rings. The van der Waals surface area contributed by atoms with Gasteiger partial charge >= 0.3 is 0 Å². The van der Waals surface area contributed by atoms with Crippen LogP contribution in [0.2, 0.25) is 0 Å². The predicted molar refractivity (Wildman–Crippen MR) is 88.5 cm³/mol. The van der Waals surface area contributed by atoms with E-state index in [0.29, 0.717) is 12.4 Å². The Labute approximate surface area is 143 Å². The molecule has 0 radical (unpaired) electrons. The van der Waals surface area contributed by atoms with Crippen LogP contribution >= 0.6 is 0 Å². The number of rotatable bonds is 7. The highest BCUT2D eigenvalue weighted by atomic mass is 32.2. The van der Waals surface area contributed by atoms with Gasteiger partial charge in [-0.05, 0) is 43.3 Å². The number of nitrogens with zero attached hydrogens (tertiary/aromatic N) is 1. The van der Waals surface area contributed by atoms with Gasteiger partial charge in [-0.15, -0.1) is 4.83 Å². The molecule has 0 heterocycles. The maximum atomic E-state index is 12.1. The van der Waals surface area contributed by atoms with Gasteiger partial charge in [0.1, 0.15) is 5.75 Å². The molecule has 0 fully saturated rings. The maximum Gasteiger partial charge on any atom is 0.269 e. The molecule has 0 atom stereocenters. The van der Waals surface area contributed by atoms with Crippen molar-refractivity contribution in [3.8, 4) is 5.75 Å². The number of carbonyl (C=O) groups is 1. The highest BCUT2D eigenvalue weighted by molar-refractivity contribution is 7.89. The van der Waals surface area contributed by atoms with Gasteiger partial charge in [0.2, 0.25) is 0 Å². The lowest BCUT2D eigenvalue weighted by Gasteiger charge is -2.09. The van der Waals surface area contributed by atoms with Crippen LogP contribution in [0.4, 0.5) is 5.69 Å². The van der Waals surface area contributed by atoms with Gasteiger partial charge in [0.15, 0.2) is 0 Å². The van der Waals surface area contributed by atoms with E-state index in [1.165, 1.54) is 12.1 Å². The number of amides is 1. The largest absolute Gasteiger partial charge is 0.494 e. The Morgan fingerprint density at radius 3 is 2.24 bits per heavy atom. The molecule has 1 amide bonds. The zero-order chi connectivity index (χ0) is 18.4. The van der Waals surface area contributed by atoms with Crippen molar-refractivity contribution in [2.24, 2.45) is 0 Å². The average molecular weight is 365 g/mol. The van der Waals surface area contributed by atoms with E-state index < -0.39 is 20.9 Å². The minimum Gasteiger partial charge on any atom is -0.494 e. The van der Waals surface area contributed by atoms with E-state index in [1.807, 2.05) is 11.8 Å². The molecule has 2 N–H and O–H groups in total. The molecule has 2 aromatic rings. The third-order valence-corrected chi connectivity index (χ3v) is 4.35. The molecule has 25 heavy (non-hydrogen) atoms. The summed E-state index contributed by atoms with van der Waals surface area (Å²) in [6.45, 7) is 2.31. The van der Waals surface area contributed by atoms with Crippen molar-refractivity contribution in [1.82, 2.24) is 10.3 Å². The molecule has 9 nitrogen and oxygen atoms in total. The standard InChI is InChI=1S/C15H15N3O6S/c1-2-24-13-7-3-11(4-8-13)15(19)16-17-25(22,23)14-9-5-12(6-10-14)18(20)21/h3-10,17H,2H2,1H3,(H,16,19). The number of hydrogen-bond acceptors (Lipinski definition) is 6. The Bertz CT molecular complexity index is 863. The minimum atomic E-state index is -4.05. The van der Waals surface area contributed by atoms with Crippen LogP contribution in [0.5, 0.6) is 5.75 Å². The number of nitro groups is 1. The molecule has 0 saturated carbocycles. The summed E-state index contributed by atoms with van der Waals surface area (Å²) >= 11 is 0. The smallest absolute Gasteiger partial charge is 0.269 e. The topological polar surface area (TPSA) is 128 Å². The molecule has 0 saturated heterocycles. The van der Waals surface area contributed by atoms with Crippen molar-refractivity contribution in [1.29, 1.82) is 0 Å². The fourth-order valence-electron chi connectivity index (χ4n) is 1.86. The first kappa shape index (κ1) is 18.4. The average Bonchev–Trinajstić information content (AvgIpc) is 2.61. The molecule has 0 aliphatic heterocycles. The van der Waals surface area contributed by atoms with Gasteiger partial charge in [0.05, 0.1) is 16.4 Å². The zero-order valence-electron chi connectivity index (χ0n) is 13.1. The lowest BCUT2D eigenvalue weighted by molar-refractivity contribution is -0.384. The third kappa shape index (κ3) is 4.75. The zero-order valence-corrected chi connectivity index (χ0v) is 13.9. The SMILES string of the molecule is CCOc1ccc(C(=O)NNS(=O)(=O)c2ccc([N+](=O)[O-])cc2)cc1. The number of hydrazine groups is 1. The molecule has 0 aliphatic carbocycles. The van der Waals surface area contributed by atoms with Gasteiger partial charge in [-0.1, -0.05) is 0 Å². The number of non-ortho nitro benzene ring substituents is 1. The van der Waals surface area contributed by atoms with Crippen LogP contribution in [0.25, 0.3) is 0 Å². The first-order valence-electron chi connectivity index (χ1n) is 7.13. The molecule has 10 heteroatoms. The number of nitro benzene ring substituents is 1. The van der Waals surface area contributed by atoms with Crippen molar-refractivity contribution in [2.75, 3.05) is 6.61 Å². The van der Waals surface area contributed by atoms with Gasteiger partial charge in [-0.25, -0.2) is 8.42 Å². The second-order valence-corrected chi connectivity index (χ2v) is 6.45. The van der Waals surface area contributed by atoms with Crippen LogP contribution in [0.15, 0.2) is 53.4 Å². The summed E-state index contributed by atoms with van der Waals surface area (Å²) in [4.78, 5) is 23.6. The quantitative estimate of drug-likeness (QED) is 0.567. The number of sulfonamides is 1. The molecule has 132 valence electrons. The summed E-state index contributed by atoms with van der Waals surface area (Å²) in [6, 6.07) is 10.4. The molecule has 2 aromatic carbocycles. The second kappa shape index (κ2) is 7.73. The normalized spacial score (nSPS) is 10.9. The van der Waals surface area contributed by atoms with E-state index in [0.717, 1.165) is 24.3 Å². The van der Waals surface area contributed by atoms with Crippen LogP contribution in [-0.2, 0) is 10.0 Å². The van der Waals surface area contributed by atoms with E-state index in [-0.39, 0.29) is 16.1 Å². The number of ether oxygens (including phenoxy) is 1. The molecular formula is C15H15N3O6S. The van der Waals surface area contributed by atoms with Gasteiger partial charge in [-0.2, -0.15) is 0 Å². The first-order chi connectivity index (χ1) is 11.8. The Kier molecular flexibility index (Phi) is 5.67. The van der Waals surface area contributed by atoms with Crippen LogP contribution in [0, 0.1) is 10.1 Å². The van der Waals surface area contributed by atoms with Crippen molar-refractivity contribution >= 4 is 21.6 Å². The van der Waals surface area contributed by atoms with E-state index in [1.54, 1.807) is 12.1 Å². The molecule has 0 unspecified atom stereocenters. The summed E-state index contributed by atoms with van der Waals surface area (Å²) < 4.78 is 29.4. The van der Waals surface area contributed by atoms with Crippen molar-refractivity contribution in [2.45, 2.75) is 11.8 Å². The molecule has 0 aromatic heterocycles. The number of carbonyl (C=O) groups excluding carboxylic acids is 1. The summed E-state index contributed by atoms with van der Waals surface area (Å²) in [6.07, 6.45) is 0. The summed E-state index contributed by atoms with van der Waals surface area (Å²) in [5.41, 5.74) is 2.07. The van der Waals surface area contributed by atoms with Crippen molar-refractivity contribution < 1.29 is 22.9 Å². The lowest BCUT2D eigenvalue weighted by atomic mass is 10.2. The number of hydrogen-bond donors (Lipinski definition) is 2. The van der Waals surface area contributed by atoms with Gasteiger partial charge in [0.25, 0.3) is 21.6 Å². The fourth-order valence-corrected chi connectivity index (χ4v) is 2.70. The van der Waals surface area contributed by atoms with E-state index in [4.69, 9.17) is 4.74 Å². The number of nitrogens with one attached hydrogen (secondary N) is 2. The molecular weight excluding hydrogens is 350 g/mol. The Morgan fingerprint density at radius 1 is 1.12 bits per heavy atom. The Hall–Kier alpha value is -2.98. The van der Waals surface area contributed by atoms with Crippen LogP contribution in [0.1, 0.15) is 17.3 Å². The molecule has 0 bridgehead atoms. The number of benzene rings is 2. The summed E-state index contributed by atoms with van der Waals surface area (Å²) in [5, 5.41) is 10.6. The predicted octanol–water partition coefficient (Wildman–Crippen LogP) is 1.62. The van der Waals surface area contributed by atoms with Gasteiger partial charge in [0, 0.05) is 17.7 Å². The van der Waals surface area contributed by atoms with Crippen molar-refractivity contribution in [3.63, 3.8) is 0 Å². The first-order valence-corrected chi connectivity index (χ1v) is 8.61.